The minimum atomic E-state index is -0.718. The first-order valence-electron chi connectivity index (χ1n) is 18.2. The van der Waals surface area contributed by atoms with Gasteiger partial charge in [0.1, 0.15) is 12.1 Å². The third kappa shape index (κ3) is 9.57. The van der Waals surface area contributed by atoms with Crippen LogP contribution in [0.1, 0.15) is 127 Å². The number of likely N-dealkylation sites (tertiary alicyclic amines) is 2. The Morgan fingerprint density at radius 3 is 1.96 bits per heavy atom. The van der Waals surface area contributed by atoms with Gasteiger partial charge in [0, 0.05) is 31.2 Å². The molecule has 9 nitrogen and oxygen atoms in total. The Balaban J connectivity index is 1.74. The molecule has 3 rings (SSSR count). The summed E-state index contributed by atoms with van der Waals surface area (Å²) in [5.74, 6) is 0.0656. The Morgan fingerprint density at radius 1 is 0.783 bits per heavy atom. The van der Waals surface area contributed by atoms with Crippen molar-refractivity contribution < 1.29 is 19.2 Å². The molecule has 3 aliphatic rings. The quantitative estimate of drug-likeness (QED) is 0.298. The molecule has 0 aromatic heterocycles. The van der Waals surface area contributed by atoms with Crippen molar-refractivity contribution >= 4 is 23.6 Å². The molecule has 262 valence electrons. The predicted molar refractivity (Wildman–Crippen MR) is 185 cm³/mol. The molecule has 3 fully saturated rings. The van der Waals surface area contributed by atoms with Gasteiger partial charge in [0.2, 0.25) is 23.6 Å². The number of rotatable bonds is 11. The van der Waals surface area contributed by atoms with E-state index in [1.54, 1.807) is 23.8 Å². The molecule has 1 aliphatic carbocycles. The molecule has 2 N–H and O–H groups in total. The summed E-state index contributed by atoms with van der Waals surface area (Å²) >= 11 is 0. The number of carbonyl (C=O) groups is 4. The normalized spacial score (nSPS) is 24.1. The summed E-state index contributed by atoms with van der Waals surface area (Å²) in [5, 5.41) is 6.39. The van der Waals surface area contributed by atoms with Crippen LogP contribution in [0, 0.1) is 17.3 Å². The summed E-state index contributed by atoms with van der Waals surface area (Å²) in [4.78, 5) is 60.7. The molecule has 2 aliphatic heterocycles. The highest BCUT2D eigenvalue weighted by molar-refractivity contribution is 5.97. The summed E-state index contributed by atoms with van der Waals surface area (Å²) in [6, 6.07) is -1.43. The van der Waals surface area contributed by atoms with Gasteiger partial charge >= 0.3 is 0 Å². The highest BCUT2D eigenvalue weighted by atomic mass is 16.2. The van der Waals surface area contributed by atoms with E-state index >= 15 is 0 Å². The Bertz CT molecular complexity index is 1090. The Hall–Kier alpha value is -2.42. The first kappa shape index (κ1) is 38.0. The van der Waals surface area contributed by atoms with Crippen molar-refractivity contribution in [2.75, 3.05) is 20.1 Å². The predicted octanol–water partition coefficient (Wildman–Crippen LogP) is 5.29. The van der Waals surface area contributed by atoms with E-state index < -0.39 is 17.5 Å². The van der Waals surface area contributed by atoms with E-state index in [-0.39, 0.29) is 53.7 Å². The molecule has 2 saturated heterocycles. The molecule has 0 spiro atoms. The zero-order valence-corrected chi connectivity index (χ0v) is 30.7. The van der Waals surface area contributed by atoms with Crippen LogP contribution in [0.25, 0.3) is 0 Å². The molecule has 0 radical (unpaired) electrons. The van der Waals surface area contributed by atoms with Gasteiger partial charge in [-0.1, -0.05) is 66.4 Å². The zero-order valence-electron chi connectivity index (χ0n) is 30.7. The average Bonchev–Trinajstić information content (AvgIpc) is 3.51. The number of nitrogens with zero attached hydrogens (tertiary/aromatic N) is 3. The number of hydrogen-bond acceptors (Lipinski definition) is 5. The average molecular weight is 644 g/mol. The third-order valence-electron chi connectivity index (χ3n) is 10.7. The Kier molecular flexibility index (Phi) is 13.7. The lowest BCUT2D eigenvalue weighted by Gasteiger charge is -2.41. The summed E-state index contributed by atoms with van der Waals surface area (Å²) in [7, 11) is 1.77. The van der Waals surface area contributed by atoms with Crippen LogP contribution in [0.15, 0.2) is 11.6 Å². The molecular weight excluding hydrogens is 578 g/mol. The summed E-state index contributed by atoms with van der Waals surface area (Å²) in [6.07, 6.45) is 12.2. The topological polar surface area (TPSA) is 102 Å². The number of likely N-dealkylation sites (N-methyl/N-ethyl adjacent to an activating group) is 1. The van der Waals surface area contributed by atoms with Crippen LogP contribution in [0.2, 0.25) is 0 Å². The molecule has 46 heavy (non-hydrogen) atoms. The third-order valence-corrected chi connectivity index (χ3v) is 10.7. The maximum Gasteiger partial charge on any atom is 0.249 e. The van der Waals surface area contributed by atoms with Gasteiger partial charge in [-0.05, 0) is 90.0 Å². The minimum absolute atomic E-state index is 0.0248. The fourth-order valence-electron chi connectivity index (χ4n) is 7.75. The van der Waals surface area contributed by atoms with E-state index in [4.69, 9.17) is 0 Å². The van der Waals surface area contributed by atoms with Crippen molar-refractivity contribution in [3.05, 3.63) is 11.6 Å². The van der Waals surface area contributed by atoms with Gasteiger partial charge in [0.25, 0.3) is 0 Å². The van der Waals surface area contributed by atoms with Crippen molar-refractivity contribution in [1.82, 2.24) is 25.3 Å². The molecule has 4 amide bonds. The maximum absolute atomic E-state index is 14.2. The summed E-state index contributed by atoms with van der Waals surface area (Å²) in [6.45, 7) is 19.6. The van der Waals surface area contributed by atoms with Crippen molar-refractivity contribution in [3.63, 3.8) is 0 Å². The molecule has 5 atom stereocenters. The number of piperidine rings is 1. The second-order valence-corrected chi connectivity index (χ2v) is 16.0. The molecule has 0 aromatic rings. The smallest absolute Gasteiger partial charge is 0.249 e. The number of hydrogen-bond donors (Lipinski definition) is 2. The lowest BCUT2D eigenvalue weighted by Crippen LogP contribution is -2.60. The van der Waals surface area contributed by atoms with E-state index in [9.17, 15) is 19.2 Å². The minimum Gasteiger partial charge on any atom is -0.352 e. The molecule has 9 heteroatoms. The lowest BCUT2D eigenvalue weighted by atomic mass is 9.84. The fourth-order valence-corrected chi connectivity index (χ4v) is 7.75. The standard InChI is InChI=1S/C37H65N5O4/c1-24(2)31(40(10)36(46)32(37(7,8)9)39-34(44)29-19-14-15-21-41(29)25(3)4)23-26(5)35(45)42-22-16-20-30(42)33(43)38-27(6)28-17-12-11-13-18-28/h23-25,27-32H,11-22H2,1-10H3,(H,38,43)(H,39,44)/t27-,29?,30+,31-,32-/m1/s1. The van der Waals surface area contributed by atoms with Gasteiger partial charge in [-0.15, -0.1) is 0 Å². The van der Waals surface area contributed by atoms with Crippen molar-refractivity contribution in [2.24, 2.45) is 17.3 Å². The highest BCUT2D eigenvalue weighted by Gasteiger charge is 2.41. The first-order valence-corrected chi connectivity index (χ1v) is 18.2. The Morgan fingerprint density at radius 2 is 1.37 bits per heavy atom. The largest absolute Gasteiger partial charge is 0.352 e. The summed E-state index contributed by atoms with van der Waals surface area (Å²) in [5.41, 5.74) is 0.0174. The van der Waals surface area contributed by atoms with Gasteiger partial charge in [-0.2, -0.15) is 0 Å². The van der Waals surface area contributed by atoms with E-state index in [1.807, 2.05) is 40.7 Å². The van der Waals surface area contributed by atoms with E-state index in [1.165, 1.54) is 19.3 Å². The molecule has 1 saturated carbocycles. The molecule has 1 unspecified atom stereocenters. The lowest BCUT2D eigenvalue weighted by molar-refractivity contribution is -0.142. The van der Waals surface area contributed by atoms with Gasteiger partial charge in [-0.3, -0.25) is 24.1 Å². The number of amides is 4. The maximum atomic E-state index is 14.2. The first-order chi connectivity index (χ1) is 21.5. The van der Waals surface area contributed by atoms with Gasteiger partial charge < -0.3 is 20.4 Å². The van der Waals surface area contributed by atoms with E-state index in [0.717, 1.165) is 45.1 Å². The second kappa shape index (κ2) is 16.6. The Labute approximate surface area is 279 Å². The molecule has 0 bridgehead atoms. The number of nitrogens with one attached hydrogen (secondary N) is 2. The van der Waals surface area contributed by atoms with Crippen LogP contribution in [0.5, 0.6) is 0 Å². The molecule has 2 heterocycles. The monoisotopic (exact) mass is 644 g/mol. The fraction of sp³-hybridized carbons (Fsp3) is 0.838. The van der Waals surface area contributed by atoms with Crippen LogP contribution in [0.3, 0.4) is 0 Å². The summed E-state index contributed by atoms with van der Waals surface area (Å²) < 4.78 is 0. The van der Waals surface area contributed by atoms with Crippen molar-refractivity contribution in [2.45, 2.75) is 163 Å². The van der Waals surface area contributed by atoms with E-state index in [2.05, 4.69) is 36.3 Å². The molecular formula is C37H65N5O4. The number of carbonyl (C=O) groups excluding carboxylic acids is 4. The van der Waals surface area contributed by atoms with Gasteiger partial charge in [0.05, 0.1) is 12.1 Å². The van der Waals surface area contributed by atoms with Gasteiger partial charge in [-0.25, -0.2) is 0 Å². The van der Waals surface area contributed by atoms with Crippen LogP contribution < -0.4 is 10.6 Å². The molecule has 0 aromatic carbocycles. The van der Waals surface area contributed by atoms with Crippen LogP contribution in [-0.4, -0.2) is 94.7 Å². The van der Waals surface area contributed by atoms with E-state index in [0.29, 0.717) is 24.5 Å². The van der Waals surface area contributed by atoms with Crippen LogP contribution in [0.4, 0.5) is 0 Å². The van der Waals surface area contributed by atoms with Crippen LogP contribution in [-0.2, 0) is 19.2 Å². The SMILES string of the molecule is CC(=C[C@H](C(C)C)N(C)C(=O)[C@@H](NC(=O)C1CCCCN1C(C)C)C(C)(C)C)C(=O)N1CCC[C@H]1C(=O)N[C@H](C)C1CCCCC1. The van der Waals surface area contributed by atoms with Crippen molar-refractivity contribution in [3.8, 4) is 0 Å². The van der Waals surface area contributed by atoms with Gasteiger partial charge in [0.15, 0.2) is 0 Å². The zero-order chi connectivity index (χ0) is 34.3. The second-order valence-electron chi connectivity index (χ2n) is 16.0. The van der Waals surface area contributed by atoms with Crippen LogP contribution >= 0.6 is 0 Å². The highest BCUT2D eigenvalue weighted by Crippen LogP contribution is 2.29. The van der Waals surface area contributed by atoms with Crippen molar-refractivity contribution in [1.29, 1.82) is 0 Å².